The molecule has 122 valence electrons. The summed E-state index contributed by atoms with van der Waals surface area (Å²) >= 11 is 3.38. The molecule has 4 nitrogen and oxygen atoms in total. The lowest BCUT2D eigenvalue weighted by atomic mass is 10.2. The molecule has 0 aliphatic rings. The normalized spacial score (nSPS) is 11.8. The van der Waals surface area contributed by atoms with E-state index in [-0.39, 0.29) is 6.61 Å². The Hall–Kier alpha value is -1.66. The van der Waals surface area contributed by atoms with Crippen LogP contribution < -0.4 is 4.74 Å². The average molecular weight is 397 g/mol. The number of ether oxygens (including phenoxy) is 2. The molecule has 0 aliphatic carbocycles. The summed E-state index contributed by atoms with van der Waals surface area (Å²) < 4.78 is 23.5. The lowest BCUT2D eigenvalue weighted by Gasteiger charge is -2.11. The summed E-state index contributed by atoms with van der Waals surface area (Å²) in [6.45, 7) is 1.89. The molecule has 0 heterocycles. The summed E-state index contributed by atoms with van der Waals surface area (Å²) in [6.07, 6.45) is 0. The van der Waals surface area contributed by atoms with Crippen LogP contribution in [0.3, 0.4) is 0 Å². The molecule has 0 spiro atoms. The molecule has 0 fully saturated rings. The number of carbonyl (C=O) groups is 1. The first-order valence-electron chi connectivity index (χ1n) is 7.03. The minimum atomic E-state index is -1.21. The molecular formula is C17H17BrO4S. The molecule has 0 saturated heterocycles. The van der Waals surface area contributed by atoms with E-state index in [2.05, 4.69) is 15.9 Å². The molecule has 0 aliphatic heterocycles. The van der Waals surface area contributed by atoms with Crippen molar-refractivity contribution in [1.82, 2.24) is 0 Å². The summed E-state index contributed by atoms with van der Waals surface area (Å²) in [6, 6.07) is 12.3. The largest absolute Gasteiger partial charge is 0.496 e. The fourth-order valence-electron chi connectivity index (χ4n) is 2.07. The maximum Gasteiger partial charge on any atom is 0.339 e. The molecule has 0 aromatic heterocycles. The fourth-order valence-corrected chi connectivity index (χ4v) is 3.42. The highest BCUT2D eigenvalue weighted by atomic mass is 79.9. The lowest BCUT2D eigenvalue weighted by Crippen LogP contribution is -2.10. The number of benzene rings is 2. The van der Waals surface area contributed by atoms with Gasteiger partial charge >= 0.3 is 5.97 Å². The van der Waals surface area contributed by atoms with Crippen LogP contribution in [0.15, 0.2) is 51.8 Å². The van der Waals surface area contributed by atoms with Gasteiger partial charge in [0.25, 0.3) is 0 Å². The van der Waals surface area contributed by atoms with Crippen molar-refractivity contribution in [2.24, 2.45) is 0 Å². The predicted molar refractivity (Wildman–Crippen MR) is 93.2 cm³/mol. The molecule has 23 heavy (non-hydrogen) atoms. The Morgan fingerprint density at radius 3 is 2.65 bits per heavy atom. The van der Waals surface area contributed by atoms with E-state index in [1.54, 1.807) is 37.4 Å². The molecular weight excluding hydrogens is 380 g/mol. The smallest absolute Gasteiger partial charge is 0.339 e. The van der Waals surface area contributed by atoms with Crippen LogP contribution in [0.5, 0.6) is 5.75 Å². The van der Waals surface area contributed by atoms with Crippen LogP contribution in [-0.4, -0.2) is 23.0 Å². The third-order valence-corrected chi connectivity index (χ3v) is 5.08. The van der Waals surface area contributed by atoms with Crippen molar-refractivity contribution in [3.05, 3.63) is 58.1 Å². The Bertz CT molecular complexity index is 730. The van der Waals surface area contributed by atoms with Gasteiger partial charge in [-0.2, -0.15) is 0 Å². The Morgan fingerprint density at radius 2 is 1.96 bits per heavy atom. The topological polar surface area (TPSA) is 52.6 Å². The second kappa shape index (κ2) is 8.26. The Labute approximate surface area is 146 Å². The average Bonchev–Trinajstić information content (AvgIpc) is 2.59. The molecule has 2 rings (SSSR count). The molecule has 2 aromatic carbocycles. The summed E-state index contributed by atoms with van der Waals surface area (Å²) in [5.74, 6) is 0.597. The van der Waals surface area contributed by atoms with Gasteiger partial charge in [-0.15, -0.1) is 0 Å². The van der Waals surface area contributed by atoms with Gasteiger partial charge in [0.2, 0.25) is 0 Å². The first-order valence-corrected chi connectivity index (χ1v) is 9.15. The van der Waals surface area contributed by atoms with Gasteiger partial charge < -0.3 is 9.47 Å². The van der Waals surface area contributed by atoms with E-state index >= 15 is 0 Å². The maximum absolute atomic E-state index is 12.3. The van der Waals surface area contributed by atoms with E-state index in [1.165, 1.54) is 0 Å². The first-order chi connectivity index (χ1) is 11.1. The number of esters is 1. The number of hydrogen-bond donors (Lipinski definition) is 0. The van der Waals surface area contributed by atoms with Crippen LogP contribution in [0.2, 0.25) is 0 Å². The van der Waals surface area contributed by atoms with Crippen LogP contribution in [0, 0.1) is 0 Å². The maximum atomic E-state index is 12.3. The van der Waals surface area contributed by atoms with E-state index < -0.39 is 16.8 Å². The third kappa shape index (κ3) is 4.42. The van der Waals surface area contributed by atoms with E-state index in [4.69, 9.17) is 9.47 Å². The monoisotopic (exact) mass is 396 g/mol. The van der Waals surface area contributed by atoms with Gasteiger partial charge in [0, 0.05) is 15.8 Å². The molecule has 1 unspecified atom stereocenters. The molecule has 1 atom stereocenters. The zero-order chi connectivity index (χ0) is 16.8. The van der Waals surface area contributed by atoms with Crippen LogP contribution in [-0.2, 0) is 22.1 Å². The summed E-state index contributed by atoms with van der Waals surface area (Å²) in [7, 11) is 0.350. The number of hydrogen-bond acceptors (Lipinski definition) is 4. The van der Waals surface area contributed by atoms with E-state index in [0.29, 0.717) is 22.0 Å². The standard InChI is InChI=1S/C17H17BrO4S/c1-3-23(20)16-7-5-4-6-14(16)17(19)22-11-12-10-13(18)8-9-15(12)21-2/h4-10H,3,11H2,1-2H3. The van der Waals surface area contributed by atoms with E-state index in [1.807, 2.05) is 19.1 Å². The quantitative estimate of drug-likeness (QED) is 0.693. The minimum absolute atomic E-state index is 0.0779. The second-order valence-corrected chi connectivity index (χ2v) is 7.29. The van der Waals surface area contributed by atoms with Crippen molar-refractivity contribution in [2.45, 2.75) is 18.4 Å². The Morgan fingerprint density at radius 1 is 1.22 bits per heavy atom. The molecule has 0 bridgehead atoms. The molecule has 0 saturated carbocycles. The van der Waals surface area contributed by atoms with Gasteiger partial charge in [-0.1, -0.05) is 35.0 Å². The van der Waals surface area contributed by atoms with Gasteiger partial charge in [0.1, 0.15) is 12.4 Å². The van der Waals surface area contributed by atoms with Crippen LogP contribution in [0.25, 0.3) is 0 Å². The molecule has 6 heteroatoms. The van der Waals surface area contributed by atoms with Gasteiger partial charge in [0.15, 0.2) is 0 Å². The zero-order valence-electron chi connectivity index (χ0n) is 12.9. The highest BCUT2D eigenvalue weighted by molar-refractivity contribution is 9.10. The Kier molecular flexibility index (Phi) is 6.36. The van der Waals surface area contributed by atoms with Gasteiger partial charge in [-0.25, -0.2) is 4.79 Å². The van der Waals surface area contributed by atoms with Crippen molar-refractivity contribution >= 4 is 32.7 Å². The van der Waals surface area contributed by atoms with Crippen LogP contribution >= 0.6 is 15.9 Å². The lowest BCUT2D eigenvalue weighted by molar-refractivity contribution is 0.0466. The van der Waals surface area contributed by atoms with Crippen molar-refractivity contribution < 1.29 is 18.5 Å². The van der Waals surface area contributed by atoms with Crippen molar-refractivity contribution in [3.63, 3.8) is 0 Å². The van der Waals surface area contributed by atoms with Gasteiger partial charge in [-0.3, -0.25) is 4.21 Å². The molecule has 0 radical (unpaired) electrons. The fraction of sp³-hybridized carbons (Fsp3) is 0.235. The number of methoxy groups -OCH3 is 1. The van der Waals surface area contributed by atoms with Crippen molar-refractivity contribution in [3.8, 4) is 5.75 Å². The molecule has 2 aromatic rings. The summed E-state index contributed by atoms with van der Waals surface area (Å²) in [5, 5.41) is 0. The van der Waals surface area contributed by atoms with E-state index in [9.17, 15) is 9.00 Å². The number of carbonyl (C=O) groups excluding carboxylic acids is 1. The van der Waals surface area contributed by atoms with Crippen molar-refractivity contribution in [2.75, 3.05) is 12.9 Å². The minimum Gasteiger partial charge on any atom is -0.496 e. The molecule has 0 N–H and O–H groups in total. The van der Waals surface area contributed by atoms with Crippen molar-refractivity contribution in [1.29, 1.82) is 0 Å². The Balaban J connectivity index is 2.18. The summed E-state index contributed by atoms with van der Waals surface area (Å²) in [5.41, 5.74) is 1.09. The highest BCUT2D eigenvalue weighted by Gasteiger charge is 2.16. The summed E-state index contributed by atoms with van der Waals surface area (Å²) in [4.78, 5) is 12.8. The first kappa shape index (κ1) is 17.7. The number of rotatable bonds is 6. The SMILES string of the molecule is CCS(=O)c1ccccc1C(=O)OCc1cc(Br)ccc1OC. The van der Waals surface area contributed by atoms with Crippen LogP contribution in [0.4, 0.5) is 0 Å². The predicted octanol–water partition coefficient (Wildman–Crippen LogP) is 3.94. The van der Waals surface area contributed by atoms with Gasteiger partial charge in [0.05, 0.1) is 28.4 Å². The zero-order valence-corrected chi connectivity index (χ0v) is 15.3. The third-order valence-electron chi connectivity index (χ3n) is 3.22. The van der Waals surface area contributed by atoms with Crippen LogP contribution in [0.1, 0.15) is 22.8 Å². The highest BCUT2D eigenvalue weighted by Crippen LogP contribution is 2.24. The van der Waals surface area contributed by atoms with E-state index in [0.717, 1.165) is 10.0 Å². The van der Waals surface area contributed by atoms with Gasteiger partial charge in [-0.05, 0) is 30.3 Å². The number of halogens is 1. The second-order valence-electron chi connectivity index (χ2n) is 4.66. The molecule has 0 amide bonds.